The number of alkyl halides is 2. The second-order valence-corrected chi connectivity index (χ2v) is 10.3. The van der Waals surface area contributed by atoms with Crippen LogP contribution in [0, 0.1) is 12.3 Å². The number of hydrogen-bond acceptors (Lipinski definition) is 6. The maximum atomic E-state index is 12.9. The van der Waals surface area contributed by atoms with Crippen molar-refractivity contribution in [3.05, 3.63) is 53.9 Å². The number of aromatic amines is 1. The van der Waals surface area contributed by atoms with E-state index in [-0.39, 0.29) is 23.1 Å². The maximum Gasteiger partial charge on any atom is 0.269 e. The molecule has 2 amide bonds. The van der Waals surface area contributed by atoms with Gasteiger partial charge in [-0.05, 0) is 44.0 Å². The number of fused-ring (bicyclic) bond motifs is 1. The first-order valence-corrected chi connectivity index (χ1v) is 11.5. The van der Waals surface area contributed by atoms with Gasteiger partial charge in [-0.25, -0.2) is 9.97 Å². The zero-order valence-corrected chi connectivity index (χ0v) is 20.3. The van der Waals surface area contributed by atoms with E-state index < -0.39 is 15.7 Å². The van der Waals surface area contributed by atoms with Crippen LogP contribution in [0.25, 0.3) is 33.5 Å². The summed E-state index contributed by atoms with van der Waals surface area (Å²) in [5.74, 6) is -0.965. The minimum Gasteiger partial charge on any atom is -0.395 e. The number of para-hydroxylation sites is 1. The van der Waals surface area contributed by atoms with Crippen molar-refractivity contribution in [2.75, 3.05) is 11.1 Å². The summed E-state index contributed by atoms with van der Waals surface area (Å²) in [6.45, 7) is 3.60. The van der Waals surface area contributed by atoms with E-state index in [4.69, 9.17) is 39.7 Å². The van der Waals surface area contributed by atoms with E-state index in [2.05, 4.69) is 20.5 Å². The fraction of sp³-hybridized carbons (Fsp3) is 0.208. The lowest BCUT2D eigenvalue weighted by molar-refractivity contribution is -0.120. The SMILES string of the molecule is Cc1ccc2[nH]ncc2c1-c1nc(-c2ccccc2NC(=O)C2(C)CC2(Cl)Cl)nc(C(N)=O)c1N. The number of nitrogens with two attached hydrogens (primary N) is 2. The quantitative estimate of drug-likeness (QED) is 0.295. The topological polar surface area (TPSA) is 153 Å². The molecule has 9 nitrogen and oxygen atoms in total. The summed E-state index contributed by atoms with van der Waals surface area (Å²) >= 11 is 12.4. The van der Waals surface area contributed by atoms with Gasteiger partial charge in [-0.3, -0.25) is 14.7 Å². The minimum absolute atomic E-state index is 0.0547. The molecular formula is C24H21Cl2N7O2. The third-order valence-corrected chi connectivity index (χ3v) is 7.52. The number of anilines is 2. The number of carbonyl (C=O) groups excluding carboxylic acids is 2. The van der Waals surface area contributed by atoms with Crippen molar-refractivity contribution in [3.8, 4) is 22.6 Å². The second kappa shape index (κ2) is 7.93. The largest absolute Gasteiger partial charge is 0.395 e. The molecule has 0 aliphatic heterocycles. The van der Waals surface area contributed by atoms with Crippen LogP contribution in [0.5, 0.6) is 0 Å². The van der Waals surface area contributed by atoms with Gasteiger partial charge in [0.05, 0.1) is 34.2 Å². The Morgan fingerprint density at radius 2 is 1.86 bits per heavy atom. The molecule has 11 heteroatoms. The number of primary amides is 1. The number of nitrogens with zero attached hydrogens (tertiary/aromatic N) is 3. The van der Waals surface area contributed by atoms with Crippen molar-refractivity contribution < 1.29 is 9.59 Å². The van der Waals surface area contributed by atoms with Crippen molar-refractivity contribution in [1.82, 2.24) is 20.2 Å². The minimum atomic E-state index is -1.13. The van der Waals surface area contributed by atoms with E-state index in [1.165, 1.54) is 0 Å². The van der Waals surface area contributed by atoms with Crippen LogP contribution >= 0.6 is 23.2 Å². The van der Waals surface area contributed by atoms with Crippen molar-refractivity contribution in [3.63, 3.8) is 0 Å². The average molecular weight is 510 g/mol. The van der Waals surface area contributed by atoms with Gasteiger partial charge in [-0.15, -0.1) is 23.2 Å². The fourth-order valence-corrected chi connectivity index (χ4v) is 4.81. The Bertz CT molecular complexity index is 1530. The van der Waals surface area contributed by atoms with Crippen LogP contribution in [-0.2, 0) is 4.79 Å². The smallest absolute Gasteiger partial charge is 0.269 e. The highest BCUT2D eigenvalue weighted by atomic mass is 35.5. The molecule has 0 saturated heterocycles. The molecule has 4 aromatic rings. The van der Waals surface area contributed by atoms with Crippen LogP contribution in [0.15, 0.2) is 42.6 Å². The van der Waals surface area contributed by atoms with Gasteiger partial charge in [-0.1, -0.05) is 18.2 Å². The van der Waals surface area contributed by atoms with Gasteiger partial charge in [0, 0.05) is 16.5 Å². The lowest BCUT2D eigenvalue weighted by atomic mass is 9.99. The van der Waals surface area contributed by atoms with Crippen molar-refractivity contribution >= 4 is 57.3 Å². The zero-order valence-electron chi connectivity index (χ0n) is 18.8. The van der Waals surface area contributed by atoms with Gasteiger partial charge in [0.2, 0.25) is 5.91 Å². The standard InChI is InChI=1S/C24H21Cl2N7O2/c1-11-7-8-15-13(9-29-33-15)16(11)18-17(27)19(20(28)34)32-21(31-18)12-5-3-4-6-14(12)30-22(35)23(2)10-24(23,25)26/h3-9H,10,27H2,1-2H3,(H2,28,34)(H,29,33)(H,30,35). The van der Waals surface area contributed by atoms with E-state index >= 15 is 0 Å². The normalized spacial score (nSPS) is 18.4. The van der Waals surface area contributed by atoms with Gasteiger partial charge < -0.3 is 16.8 Å². The summed E-state index contributed by atoms with van der Waals surface area (Å²) in [5.41, 5.74) is 14.6. The summed E-state index contributed by atoms with van der Waals surface area (Å²) in [5, 5.41) is 10.7. The number of hydrogen-bond donors (Lipinski definition) is 4. The van der Waals surface area contributed by atoms with Crippen LogP contribution in [0.1, 0.15) is 29.4 Å². The number of nitrogens with one attached hydrogen (secondary N) is 2. The number of halogens is 2. The number of amides is 2. The van der Waals surface area contributed by atoms with E-state index in [1.807, 2.05) is 19.1 Å². The molecule has 2 aromatic carbocycles. The van der Waals surface area contributed by atoms with Crippen LogP contribution in [-0.4, -0.2) is 36.3 Å². The Morgan fingerprint density at radius 1 is 1.14 bits per heavy atom. The Labute approximate surface area is 210 Å². The third kappa shape index (κ3) is 3.67. The Kier molecular flexibility index (Phi) is 5.23. The van der Waals surface area contributed by atoms with E-state index in [0.717, 1.165) is 16.5 Å². The van der Waals surface area contributed by atoms with E-state index in [1.54, 1.807) is 37.4 Å². The van der Waals surface area contributed by atoms with Crippen LogP contribution in [0.4, 0.5) is 11.4 Å². The highest BCUT2D eigenvalue weighted by Crippen LogP contribution is 2.64. The Hall–Kier alpha value is -3.69. The van der Waals surface area contributed by atoms with E-state index in [0.29, 0.717) is 28.9 Å². The maximum absolute atomic E-state index is 12.9. The van der Waals surface area contributed by atoms with Crippen LogP contribution in [0.2, 0.25) is 0 Å². The second-order valence-electron chi connectivity index (χ2n) is 8.82. The van der Waals surface area contributed by atoms with Gasteiger partial charge >= 0.3 is 0 Å². The van der Waals surface area contributed by atoms with Crippen molar-refractivity contribution in [2.45, 2.75) is 24.6 Å². The number of benzene rings is 2. The highest BCUT2D eigenvalue weighted by Gasteiger charge is 2.67. The van der Waals surface area contributed by atoms with Gasteiger partial charge in [-0.2, -0.15) is 5.10 Å². The molecule has 2 aromatic heterocycles. The first-order valence-electron chi connectivity index (χ1n) is 10.7. The predicted molar refractivity (Wildman–Crippen MR) is 136 cm³/mol. The van der Waals surface area contributed by atoms with E-state index in [9.17, 15) is 9.59 Å². The molecule has 1 unspecified atom stereocenters. The summed E-state index contributed by atoms with van der Waals surface area (Å²) in [6.07, 6.45) is 2.00. The number of H-pyrrole nitrogens is 1. The monoisotopic (exact) mass is 509 g/mol. The third-order valence-electron chi connectivity index (χ3n) is 6.42. The Morgan fingerprint density at radius 3 is 2.54 bits per heavy atom. The van der Waals surface area contributed by atoms with Crippen LogP contribution in [0.3, 0.4) is 0 Å². The number of rotatable bonds is 5. The van der Waals surface area contributed by atoms with Crippen molar-refractivity contribution in [1.29, 1.82) is 0 Å². The molecule has 6 N–H and O–H groups in total. The molecule has 1 fully saturated rings. The molecular weight excluding hydrogens is 489 g/mol. The lowest BCUT2D eigenvalue weighted by Gasteiger charge is -2.17. The first kappa shape index (κ1) is 23.1. The zero-order chi connectivity index (χ0) is 25.1. The molecule has 2 heterocycles. The molecule has 178 valence electrons. The van der Waals surface area contributed by atoms with Gasteiger partial charge in [0.15, 0.2) is 11.5 Å². The van der Waals surface area contributed by atoms with Crippen LogP contribution < -0.4 is 16.8 Å². The molecule has 1 saturated carbocycles. The van der Waals surface area contributed by atoms with Gasteiger partial charge in [0.1, 0.15) is 4.33 Å². The molecule has 1 aliphatic carbocycles. The summed E-state index contributed by atoms with van der Waals surface area (Å²) in [7, 11) is 0. The number of aryl methyl sites for hydroxylation is 1. The summed E-state index contributed by atoms with van der Waals surface area (Å²) in [6, 6.07) is 10.7. The summed E-state index contributed by atoms with van der Waals surface area (Å²) < 4.78 is -1.13. The number of carbonyl (C=O) groups is 2. The molecule has 35 heavy (non-hydrogen) atoms. The lowest BCUT2D eigenvalue weighted by Crippen LogP contribution is -2.26. The number of aromatic nitrogens is 4. The Balaban J connectivity index is 1.68. The number of nitrogen functional groups attached to an aromatic ring is 1. The molecule has 5 rings (SSSR count). The molecule has 1 aliphatic rings. The fourth-order valence-electron chi connectivity index (χ4n) is 4.10. The molecule has 1 atom stereocenters. The van der Waals surface area contributed by atoms with Gasteiger partial charge in [0.25, 0.3) is 5.91 Å². The summed E-state index contributed by atoms with van der Waals surface area (Å²) in [4.78, 5) is 34.3. The molecule has 0 bridgehead atoms. The molecule has 0 spiro atoms. The predicted octanol–water partition coefficient (Wildman–Crippen LogP) is 4.20. The first-order chi connectivity index (χ1) is 16.5. The highest BCUT2D eigenvalue weighted by molar-refractivity contribution is 6.53. The molecule has 0 radical (unpaired) electrons. The van der Waals surface area contributed by atoms with Crippen molar-refractivity contribution in [2.24, 2.45) is 11.1 Å². The average Bonchev–Trinajstić information content (AvgIpc) is 3.11.